The number of carbonyl (C=O) groups is 2. The Balaban J connectivity index is 1.92. The Morgan fingerprint density at radius 3 is 2.48 bits per heavy atom. The zero-order valence-electron chi connectivity index (χ0n) is 12.3. The Hall–Kier alpha value is -1.88. The van der Waals surface area contributed by atoms with Gasteiger partial charge >= 0.3 is 0 Å². The van der Waals surface area contributed by atoms with E-state index >= 15 is 0 Å². The molecule has 0 saturated heterocycles. The Labute approximate surface area is 124 Å². The highest BCUT2D eigenvalue weighted by Crippen LogP contribution is 2.44. The lowest BCUT2D eigenvalue weighted by molar-refractivity contribution is -0.123. The molecule has 1 aromatic rings. The predicted octanol–water partition coefficient (Wildman–Crippen LogP) is 1.14. The van der Waals surface area contributed by atoms with Crippen molar-refractivity contribution in [3.63, 3.8) is 0 Å². The highest BCUT2D eigenvalue weighted by atomic mass is 16.3. The molecule has 3 N–H and O–H groups in total. The summed E-state index contributed by atoms with van der Waals surface area (Å²) in [4.78, 5) is 23.4. The maximum absolute atomic E-state index is 12.1. The molecule has 1 aromatic carbocycles. The Kier molecular flexibility index (Phi) is 4.96. The number of hydrogen-bond donors (Lipinski definition) is 3. The summed E-state index contributed by atoms with van der Waals surface area (Å²) in [6.45, 7) is 2.06. The topological polar surface area (TPSA) is 78.4 Å². The van der Waals surface area contributed by atoms with Crippen molar-refractivity contribution in [3.8, 4) is 0 Å². The molecule has 1 atom stereocenters. The molecule has 2 amide bonds. The number of nitrogens with one attached hydrogen (secondary N) is 2. The molecule has 1 unspecified atom stereocenters. The molecule has 0 bridgehead atoms. The van der Waals surface area contributed by atoms with E-state index in [0.717, 1.165) is 18.4 Å². The van der Waals surface area contributed by atoms with Crippen LogP contribution < -0.4 is 10.6 Å². The minimum Gasteiger partial charge on any atom is -0.396 e. The third-order valence-electron chi connectivity index (χ3n) is 3.92. The van der Waals surface area contributed by atoms with Gasteiger partial charge < -0.3 is 15.7 Å². The standard InChI is InChI=1S/C16H22N2O3/c1-12(20)18-14(13-5-3-2-4-6-13)9-15(21)17-10-16(11-19)7-8-16/h2-6,14,19H,7-11H2,1H3,(H,17,21)(H,18,20). The van der Waals surface area contributed by atoms with Crippen molar-refractivity contribution < 1.29 is 14.7 Å². The summed E-state index contributed by atoms with van der Waals surface area (Å²) in [5.74, 6) is -0.275. The smallest absolute Gasteiger partial charge is 0.222 e. The van der Waals surface area contributed by atoms with Gasteiger partial charge in [-0.1, -0.05) is 30.3 Å². The maximum Gasteiger partial charge on any atom is 0.222 e. The number of benzene rings is 1. The van der Waals surface area contributed by atoms with Crippen molar-refractivity contribution in [1.82, 2.24) is 10.6 Å². The number of aliphatic hydroxyl groups is 1. The summed E-state index contributed by atoms with van der Waals surface area (Å²) in [5, 5.41) is 14.9. The molecule has 1 aliphatic carbocycles. The molecule has 1 fully saturated rings. The summed E-state index contributed by atoms with van der Waals surface area (Å²) in [5.41, 5.74) is 0.803. The molecule has 0 radical (unpaired) electrons. The lowest BCUT2D eigenvalue weighted by Gasteiger charge is -2.19. The van der Waals surface area contributed by atoms with Gasteiger partial charge in [0.15, 0.2) is 0 Å². The minimum atomic E-state index is -0.326. The Morgan fingerprint density at radius 1 is 1.29 bits per heavy atom. The van der Waals surface area contributed by atoms with E-state index in [-0.39, 0.29) is 36.3 Å². The van der Waals surface area contributed by atoms with E-state index in [1.54, 1.807) is 0 Å². The SMILES string of the molecule is CC(=O)NC(CC(=O)NCC1(CO)CC1)c1ccccc1. The monoisotopic (exact) mass is 290 g/mol. The number of amides is 2. The maximum atomic E-state index is 12.1. The van der Waals surface area contributed by atoms with Gasteiger partial charge in [-0.15, -0.1) is 0 Å². The average Bonchev–Trinajstić information content (AvgIpc) is 3.26. The van der Waals surface area contributed by atoms with Crippen molar-refractivity contribution >= 4 is 11.8 Å². The first-order valence-corrected chi connectivity index (χ1v) is 7.24. The summed E-state index contributed by atoms with van der Waals surface area (Å²) in [7, 11) is 0. The van der Waals surface area contributed by atoms with Gasteiger partial charge in [0.2, 0.25) is 11.8 Å². The average molecular weight is 290 g/mol. The molecule has 0 aliphatic heterocycles. The summed E-state index contributed by atoms with van der Waals surface area (Å²) in [6, 6.07) is 9.12. The van der Waals surface area contributed by atoms with E-state index in [0.29, 0.717) is 6.54 Å². The zero-order valence-corrected chi connectivity index (χ0v) is 12.3. The van der Waals surface area contributed by atoms with Gasteiger partial charge in [-0.2, -0.15) is 0 Å². The molecule has 5 heteroatoms. The molecule has 2 rings (SSSR count). The van der Waals surface area contributed by atoms with Crippen LogP contribution in [-0.4, -0.2) is 30.1 Å². The normalized spacial score (nSPS) is 16.9. The summed E-state index contributed by atoms with van der Waals surface area (Å²) < 4.78 is 0. The lowest BCUT2D eigenvalue weighted by atomic mass is 10.0. The van der Waals surface area contributed by atoms with Gasteiger partial charge in [0.25, 0.3) is 0 Å². The highest BCUT2D eigenvalue weighted by Gasteiger charge is 2.42. The van der Waals surface area contributed by atoms with Crippen LogP contribution in [0.5, 0.6) is 0 Å². The first kappa shape index (κ1) is 15.5. The van der Waals surface area contributed by atoms with E-state index in [1.807, 2.05) is 30.3 Å². The fourth-order valence-corrected chi connectivity index (χ4v) is 2.29. The molecular formula is C16H22N2O3. The molecule has 0 aromatic heterocycles. The fourth-order valence-electron chi connectivity index (χ4n) is 2.29. The number of hydrogen-bond acceptors (Lipinski definition) is 3. The van der Waals surface area contributed by atoms with Gasteiger partial charge in [-0.25, -0.2) is 0 Å². The quantitative estimate of drug-likeness (QED) is 0.704. The van der Waals surface area contributed by atoms with E-state index in [4.69, 9.17) is 0 Å². The molecule has 5 nitrogen and oxygen atoms in total. The van der Waals surface area contributed by atoms with Gasteiger partial charge in [0.05, 0.1) is 19.1 Å². The predicted molar refractivity (Wildman–Crippen MR) is 79.4 cm³/mol. The third kappa shape index (κ3) is 4.56. The van der Waals surface area contributed by atoms with Crippen molar-refractivity contribution in [2.24, 2.45) is 5.41 Å². The largest absolute Gasteiger partial charge is 0.396 e. The lowest BCUT2D eigenvalue weighted by Crippen LogP contribution is -2.36. The Bertz CT molecular complexity index is 498. The Morgan fingerprint density at radius 2 is 1.95 bits per heavy atom. The molecule has 1 saturated carbocycles. The van der Waals surface area contributed by atoms with Crippen LogP contribution in [0.3, 0.4) is 0 Å². The van der Waals surface area contributed by atoms with Gasteiger partial charge in [0.1, 0.15) is 0 Å². The highest BCUT2D eigenvalue weighted by molar-refractivity contribution is 5.79. The molecular weight excluding hydrogens is 268 g/mol. The second kappa shape index (κ2) is 6.72. The van der Waals surface area contributed by atoms with Crippen LogP contribution in [0.1, 0.15) is 37.8 Å². The van der Waals surface area contributed by atoms with E-state index in [1.165, 1.54) is 6.92 Å². The second-order valence-electron chi connectivity index (χ2n) is 5.80. The van der Waals surface area contributed by atoms with Crippen LogP contribution in [-0.2, 0) is 9.59 Å². The first-order valence-electron chi connectivity index (χ1n) is 7.24. The van der Waals surface area contributed by atoms with Gasteiger partial charge in [-0.3, -0.25) is 9.59 Å². The zero-order chi connectivity index (χ0) is 15.3. The van der Waals surface area contributed by atoms with Crippen molar-refractivity contribution in [2.75, 3.05) is 13.2 Å². The van der Waals surface area contributed by atoms with Crippen LogP contribution >= 0.6 is 0 Å². The van der Waals surface area contributed by atoms with Crippen LogP contribution in [0, 0.1) is 5.41 Å². The van der Waals surface area contributed by atoms with Gasteiger partial charge in [-0.05, 0) is 18.4 Å². The first-order chi connectivity index (χ1) is 10.0. The van der Waals surface area contributed by atoms with E-state index in [9.17, 15) is 14.7 Å². The van der Waals surface area contributed by atoms with Crippen molar-refractivity contribution in [1.29, 1.82) is 0 Å². The number of carbonyl (C=O) groups excluding carboxylic acids is 2. The molecule has 0 heterocycles. The summed E-state index contributed by atoms with van der Waals surface area (Å²) in [6.07, 6.45) is 2.11. The number of aliphatic hydroxyl groups excluding tert-OH is 1. The van der Waals surface area contributed by atoms with Gasteiger partial charge in [0, 0.05) is 18.9 Å². The summed E-state index contributed by atoms with van der Waals surface area (Å²) >= 11 is 0. The van der Waals surface area contributed by atoms with Crippen LogP contribution in [0.4, 0.5) is 0 Å². The van der Waals surface area contributed by atoms with E-state index in [2.05, 4.69) is 10.6 Å². The second-order valence-corrected chi connectivity index (χ2v) is 5.80. The van der Waals surface area contributed by atoms with E-state index < -0.39 is 0 Å². The van der Waals surface area contributed by atoms with Crippen LogP contribution in [0.2, 0.25) is 0 Å². The van der Waals surface area contributed by atoms with Crippen LogP contribution in [0.15, 0.2) is 30.3 Å². The molecule has 0 spiro atoms. The molecule has 1 aliphatic rings. The minimum absolute atomic E-state index is 0.105. The van der Waals surface area contributed by atoms with Crippen molar-refractivity contribution in [2.45, 2.75) is 32.2 Å². The molecule has 21 heavy (non-hydrogen) atoms. The number of rotatable bonds is 7. The third-order valence-corrected chi connectivity index (χ3v) is 3.92. The van der Waals surface area contributed by atoms with Crippen LogP contribution in [0.25, 0.3) is 0 Å². The van der Waals surface area contributed by atoms with Crippen molar-refractivity contribution in [3.05, 3.63) is 35.9 Å². The fraction of sp³-hybridized carbons (Fsp3) is 0.500. The molecule has 114 valence electrons.